The normalized spacial score (nSPS) is 14.7. The van der Waals surface area contributed by atoms with E-state index < -0.39 is 5.97 Å². The molecule has 1 aliphatic rings. The minimum Gasteiger partial charge on any atom is -0.488 e. The quantitative estimate of drug-likeness (QED) is 0.441. The van der Waals surface area contributed by atoms with Gasteiger partial charge in [-0.2, -0.15) is 0 Å². The van der Waals surface area contributed by atoms with Crippen molar-refractivity contribution in [3.05, 3.63) is 106 Å². The van der Waals surface area contributed by atoms with Crippen LogP contribution in [0.4, 0.5) is 0 Å². The van der Waals surface area contributed by atoms with Crippen molar-refractivity contribution in [1.82, 2.24) is 0 Å². The van der Waals surface area contributed by atoms with E-state index in [4.69, 9.17) is 21.1 Å². The van der Waals surface area contributed by atoms with Crippen molar-refractivity contribution in [2.24, 2.45) is 4.99 Å². The van der Waals surface area contributed by atoms with Crippen LogP contribution in [-0.2, 0) is 16.1 Å². The molecule has 4 nitrogen and oxygen atoms in total. The topological polar surface area (TPSA) is 47.9 Å². The maximum absolute atomic E-state index is 12.2. The van der Waals surface area contributed by atoms with E-state index in [1.165, 1.54) is 0 Å². The summed E-state index contributed by atoms with van der Waals surface area (Å²) in [6.45, 7) is 0.389. The molecule has 0 saturated heterocycles. The Balaban J connectivity index is 1.57. The molecule has 1 aliphatic heterocycles. The molecule has 4 rings (SSSR count). The zero-order valence-corrected chi connectivity index (χ0v) is 15.6. The first-order valence-electron chi connectivity index (χ1n) is 8.73. The predicted molar refractivity (Wildman–Crippen MR) is 109 cm³/mol. The van der Waals surface area contributed by atoms with Gasteiger partial charge >= 0.3 is 5.97 Å². The molecule has 0 saturated carbocycles. The molecule has 138 valence electrons. The van der Waals surface area contributed by atoms with E-state index in [0.717, 1.165) is 16.7 Å². The summed E-state index contributed by atoms with van der Waals surface area (Å²) in [7, 11) is 0. The van der Waals surface area contributed by atoms with Gasteiger partial charge in [0.05, 0.1) is 0 Å². The second-order valence-corrected chi connectivity index (χ2v) is 6.59. The van der Waals surface area contributed by atoms with Crippen molar-refractivity contribution in [2.75, 3.05) is 0 Å². The summed E-state index contributed by atoms with van der Waals surface area (Å²) < 4.78 is 11.2. The minimum atomic E-state index is -0.480. The van der Waals surface area contributed by atoms with Gasteiger partial charge in [-0.3, -0.25) is 0 Å². The largest absolute Gasteiger partial charge is 0.488 e. The van der Waals surface area contributed by atoms with Crippen LogP contribution < -0.4 is 4.74 Å². The Bertz CT molecular complexity index is 1060. The first kappa shape index (κ1) is 18.0. The molecule has 0 spiro atoms. The van der Waals surface area contributed by atoms with Gasteiger partial charge in [0.1, 0.15) is 12.4 Å². The fourth-order valence-corrected chi connectivity index (χ4v) is 2.86. The molecule has 1 heterocycles. The fraction of sp³-hybridized carbons (Fsp3) is 0.0435. The highest BCUT2D eigenvalue weighted by atomic mass is 35.5. The zero-order chi connectivity index (χ0) is 19.3. The highest BCUT2D eigenvalue weighted by Gasteiger charge is 2.24. The number of para-hydroxylation sites is 1. The first-order chi connectivity index (χ1) is 13.7. The molecule has 0 bridgehead atoms. The number of halogens is 1. The summed E-state index contributed by atoms with van der Waals surface area (Å²) >= 11 is 5.91. The van der Waals surface area contributed by atoms with Gasteiger partial charge in [0.15, 0.2) is 5.70 Å². The highest BCUT2D eigenvalue weighted by Crippen LogP contribution is 2.25. The number of nitrogens with zero attached hydrogens (tertiary/aromatic N) is 1. The number of aliphatic imine (C=N–C) groups is 1. The number of esters is 1. The third kappa shape index (κ3) is 4.13. The van der Waals surface area contributed by atoms with Gasteiger partial charge in [-0.05, 0) is 42.0 Å². The maximum Gasteiger partial charge on any atom is 0.363 e. The molecule has 0 aromatic heterocycles. The van der Waals surface area contributed by atoms with E-state index in [0.29, 0.717) is 23.3 Å². The summed E-state index contributed by atoms with van der Waals surface area (Å²) in [5.74, 6) is 0.476. The molecule has 0 aliphatic carbocycles. The number of hydrogen-bond donors (Lipinski definition) is 0. The van der Waals surface area contributed by atoms with Gasteiger partial charge in [0.25, 0.3) is 0 Å². The van der Waals surface area contributed by atoms with Gasteiger partial charge < -0.3 is 9.47 Å². The van der Waals surface area contributed by atoms with Crippen molar-refractivity contribution in [3.63, 3.8) is 0 Å². The summed E-state index contributed by atoms with van der Waals surface area (Å²) in [4.78, 5) is 16.6. The lowest BCUT2D eigenvalue weighted by Gasteiger charge is -2.09. The molecule has 0 radical (unpaired) electrons. The molecule has 3 aromatic rings. The smallest absolute Gasteiger partial charge is 0.363 e. The second-order valence-electron chi connectivity index (χ2n) is 6.16. The van der Waals surface area contributed by atoms with Crippen LogP contribution in [0.5, 0.6) is 5.75 Å². The Morgan fingerprint density at radius 1 is 0.929 bits per heavy atom. The Morgan fingerprint density at radius 2 is 1.64 bits per heavy atom. The number of hydrogen-bond acceptors (Lipinski definition) is 4. The van der Waals surface area contributed by atoms with E-state index in [9.17, 15) is 4.79 Å². The number of rotatable bonds is 5. The number of benzene rings is 3. The maximum atomic E-state index is 12.2. The number of carbonyl (C=O) groups is 1. The van der Waals surface area contributed by atoms with Crippen LogP contribution in [0.2, 0.25) is 5.02 Å². The van der Waals surface area contributed by atoms with Crippen LogP contribution >= 0.6 is 11.6 Å². The zero-order valence-electron chi connectivity index (χ0n) is 14.8. The Morgan fingerprint density at radius 3 is 2.43 bits per heavy atom. The van der Waals surface area contributed by atoms with E-state index in [1.807, 2.05) is 78.9 Å². The average Bonchev–Trinajstić information content (AvgIpc) is 3.10. The summed E-state index contributed by atoms with van der Waals surface area (Å²) in [6.07, 6.45) is 1.68. The molecule has 28 heavy (non-hydrogen) atoms. The van der Waals surface area contributed by atoms with Gasteiger partial charge in [0, 0.05) is 16.1 Å². The van der Waals surface area contributed by atoms with E-state index in [2.05, 4.69) is 4.99 Å². The average molecular weight is 390 g/mol. The minimum absolute atomic E-state index is 0.237. The molecule has 0 unspecified atom stereocenters. The van der Waals surface area contributed by atoms with Crippen molar-refractivity contribution in [3.8, 4) is 5.75 Å². The lowest BCUT2D eigenvalue weighted by Crippen LogP contribution is -2.05. The van der Waals surface area contributed by atoms with E-state index >= 15 is 0 Å². The molecule has 5 heteroatoms. The highest BCUT2D eigenvalue weighted by molar-refractivity contribution is 6.30. The van der Waals surface area contributed by atoms with Gasteiger partial charge in [-0.15, -0.1) is 0 Å². The number of ether oxygens (including phenoxy) is 2. The van der Waals surface area contributed by atoms with Crippen LogP contribution in [0, 0.1) is 0 Å². The van der Waals surface area contributed by atoms with Crippen LogP contribution in [0.1, 0.15) is 16.7 Å². The lowest BCUT2D eigenvalue weighted by atomic mass is 10.1. The Labute approximate surface area is 167 Å². The molecule has 0 N–H and O–H groups in total. The van der Waals surface area contributed by atoms with E-state index in [-0.39, 0.29) is 5.70 Å². The molecule has 0 atom stereocenters. The summed E-state index contributed by atoms with van der Waals surface area (Å²) in [5.41, 5.74) is 2.74. The fourth-order valence-electron chi connectivity index (χ4n) is 2.73. The summed E-state index contributed by atoms with van der Waals surface area (Å²) in [5, 5.41) is 0.681. The Kier molecular flexibility index (Phi) is 5.22. The first-order valence-corrected chi connectivity index (χ1v) is 9.11. The number of cyclic esters (lactones) is 1. The monoisotopic (exact) mass is 389 g/mol. The van der Waals surface area contributed by atoms with Crippen molar-refractivity contribution in [1.29, 1.82) is 0 Å². The second kappa shape index (κ2) is 8.11. The van der Waals surface area contributed by atoms with Crippen LogP contribution in [0.3, 0.4) is 0 Å². The lowest BCUT2D eigenvalue weighted by molar-refractivity contribution is -0.129. The third-order valence-corrected chi connectivity index (χ3v) is 4.41. The van der Waals surface area contributed by atoms with Gasteiger partial charge in [0.2, 0.25) is 5.90 Å². The standard InChI is InChI=1S/C23H16ClNO3/c24-19-12-10-16(11-13-19)15-27-21-9-5-4-8-18(21)14-20-23(26)28-22(25-20)17-6-2-1-3-7-17/h1-14H,15H2. The summed E-state index contributed by atoms with van der Waals surface area (Å²) in [6, 6.07) is 24.3. The predicted octanol–water partition coefficient (Wildman–Crippen LogP) is 5.26. The van der Waals surface area contributed by atoms with E-state index in [1.54, 1.807) is 6.08 Å². The van der Waals surface area contributed by atoms with Crippen LogP contribution in [0.15, 0.2) is 89.6 Å². The van der Waals surface area contributed by atoms with Gasteiger partial charge in [-0.1, -0.05) is 60.1 Å². The number of carbonyl (C=O) groups excluding carboxylic acids is 1. The molecule has 0 fully saturated rings. The molecular weight excluding hydrogens is 374 g/mol. The van der Waals surface area contributed by atoms with Crippen molar-refractivity contribution < 1.29 is 14.3 Å². The third-order valence-electron chi connectivity index (χ3n) is 4.16. The SMILES string of the molecule is O=C1OC(c2ccccc2)=NC1=Cc1ccccc1OCc1ccc(Cl)cc1. The molecule has 3 aromatic carbocycles. The van der Waals surface area contributed by atoms with Crippen LogP contribution in [0.25, 0.3) is 6.08 Å². The van der Waals surface area contributed by atoms with Crippen molar-refractivity contribution >= 4 is 29.5 Å². The molecular formula is C23H16ClNO3. The Hall–Kier alpha value is -3.37. The van der Waals surface area contributed by atoms with Crippen LogP contribution in [-0.4, -0.2) is 11.9 Å². The van der Waals surface area contributed by atoms with Crippen molar-refractivity contribution in [2.45, 2.75) is 6.61 Å². The van der Waals surface area contributed by atoms with Gasteiger partial charge in [-0.25, -0.2) is 9.79 Å². The molecule has 0 amide bonds.